The van der Waals surface area contributed by atoms with Gasteiger partial charge in [-0.3, -0.25) is 9.69 Å². The first-order chi connectivity index (χ1) is 13.5. The maximum Gasteiger partial charge on any atom is 0.230 e. The molecule has 3 rings (SSSR count). The molecule has 1 unspecified atom stereocenters. The molecule has 1 heterocycles. The fraction of sp³-hybridized carbons (Fsp3) is 0.409. The van der Waals surface area contributed by atoms with Crippen LogP contribution in [0.25, 0.3) is 0 Å². The van der Waals surface area contributed by atoms with Crippen LogP contribution in [0.15, 0.2) is 57.9 Å². The molecule has 28 heavy (non-hydrogen) atoms. The van der Waals surface area contributed by atoms with Crippen molar-refractivity contribution >= 4 is 33.6 Å². The molecule has 4 nitrogen and oxygen atoms in total. The van der Waals surface area contributed by atoms with Crippen LogP contribution in [0.4, 0.5) is 0 Å². The van der Waals surface area contributed by atoms with Crippen molar-refractivity contribution in [2.24, 2.45) is 0 Å². The highest BCUT2D eigenvalue weighted by molar-refractivity contribution is 9.10. The van der Waals surface area contributed by atoms with Crippen molar-refractivity contribution in [3.8, 4) is 0 Å². The van der Waals surface area contributed by atoms with Crippen molar-refractivity contribution in [3.63, 3.8) is 0 Å². The zero-order valence-corrected chi connectivity index (χ0v) is 18.9. The summed E-state index contributed by atoms with van der Waals surface area (Å²) in [5.74, 6) is 0.504. The molecule has 0 bridgehead atoms. The summed E-state index contributed by atoms with van der Waals surface area (Å²) < 4.78 is 1.06. The maximum atomic E-state index is 12.7. The molecule has 1 atom stereocenters. The van der Waals surface area contributed by atoms with E-state index in [1.807, 2.05) is 24.3 Å². The summed E-state index contributed by atoms with van der Waals surface area (Å²) >= 11 is 5.08. The molecule has 1 fully saturated rings. The monoisotopic (exact) mass is 461 g/mol. The number of halogens is 1. The van der Waals surface area contributed by atoms with E-state index in [9.17, 15) is 4.79 Å². The van der Waals surface area contributed by atoms with Gasteiger partial charge < -0.3 is 10.2 Å². The van der Waals surface area contributed by atoms with Gasteiger partial charge in [0.05, 0.1) is 11.8 Å². The molecule has 2 aromatic rings. The predicted octanol–water partition coefficient (Wildman–Crippen LogP) is 3.95. The molecule has 0 radical (unpaired) electrons. The maximum absolute atomic E-state index is 12.7. The molecule has 0 aromatic heterocycles. The average Bonchev–Trinajstić information content (AvgIpc) is 2.69. The summed E-state index contributed by atoms with van der Waals surface area (Å²) in [5, 5.41) is 3.27. The Kier molecular flexibility index (Phi) is 7.97. The molecular formula is C22H28BrN3OS. The Morgan fingerprint density at radius 2 is 1.86 bits per heavy atom. The fourth-order valence-electron chi connectivity index (χ4n) is 3.36. The van der Waals surface area contributed by atoms with Gasteiger partial charge in [0.25, 0.3) is 0 Å². The van der Waals surface area contributed by atoms with E-state index in [0.29, 0.717) is 5.75 Å². The average molecular weight is 462 g/mol. The van der Waals surface area contributed by atoms with E-state index in [1.54, 1.807) is 11.8 Å². The molecule has 1 aliphatic heterocycles. The SMILES string of the molecule is Cc1cc(Br)ccc1SCC(=O)NC(CN1CCN(C)CC1)c1ccccc1. The lowest BCUT2D eigenvalue weighted by atomic mass is 10.1. The second-order valence-corrected chi connectivity index (χ2v) is 9.27. The third-order valence-corrected chi connectivity index (χ3v) is 6.74. The molecule has 0 aliphatic carbocycles. The van der Waals surface area contributed by atoms with Gasteiger partial charge in [-0.25, -0.2) is 0 Å². The fourth-order valence-corrected chi connectivity index (χ4v) is 4.66. The number of nitrogens with one attached hydrogen (secondary N) is 1. The first kappa shape index (κ1) is 21.4. The standard InChI is InChI=1S/C22H28BrN3OS/c1-17-14-19(23)8-9-21(17)28-16-22(27)24-20(18-6-4-3-5-7-18)15-26-12-10-25(2)11-13-26/h3-9,14,20H,10-13,15-16H2,1-2H3,(H,24,27). The summed E-state index contributed by atoms with van der Waals surface area (Å²) in [7, 11) is 2.16. The van der Waals surface area contributed by atoms with E-state index in [1.165, 1.54) is 11.1 Å². The predicted molar refractivity (Wildman–Crippen MR) is 121 cm³/mol. The number of amides is 1. The minimum atomic E-state index is 0.0173. The Morgan fingerprint density at radius 1 is 1.14 bits per heavy atom. The molecule has 2 aromatic carbocycles. The molecule has 1 N–H and O–H groups in total. The molecule has 1 amide bonds. The number of hydrogen-bond acceptors (Lipinski definition) is 4. The Hall–Kier alpha value is -1.34. The summed E-state index contributed by atoms with van der Waals surface area (Å²) in [6.07, 6.45) is 0. The number of piperazine rings is 1. The summed E-state index contributed by atoms with van der Waals surface area (Å²) in [6, 6.07) is 16.5. The largest absolute Gasteiger partial charge is 0.347 e. The van der Waals surface area contributed by atoms with E-state index in [0.717, 1.165) is 42.1 Å². The number of likely N-dealkylation sites (N-methyl/N-ethyl adjacent to an activating group) is 1. The Bertz CT molecular complexity index is 779. The first-order valence-corrected chi connectivity index (χ1v) is 11.4. The number of aryl methyl sites for hydroxylation is 1. The summed E-state index contributed by atoms with van der Waals surface area (Å²) in [5.41, 5.74) is 2.35. The third kappa shape index (κ3) is 6.34. The van der Waals surface area contributed by atoms with Gasteiger partial charge in [-0.1, -0.05) is 46.3 Å². The van der Waals surface area contributed by atoms with Crippen molar-refractivity contribution < 1.29 is 4.79 Å². The molecule has 150 valence electrons. The second kappa shape index (κ2) is 10.4. The van der Waals surface area contributed by atoms with Crippen molar-refractivity contribution in [2.75, 3.05) is 45.5 Å². The van der Waals surface area contributed by atoms with E-state index >= 15 is 0 Å². The van der Waals surface area contributed by atoms with Crippen LogP contribution in [0.5, 0.6) is 0 Å². The van der Waals surface area contributed by atoms with Crippen LogP contribution in [0, 0.1) is 6.92 Å². The molecular weight excluding hydrogens is 434 g/mol. The van der Waals surface area contributed by atoms with E-state index in [-0.39, 0.29) is 11.9 Å². The van der Waals surface area contributed by atoms with Crippen LogP contribution in [-0.4, -0.2) is 61.2 Å². The third-order valence-electron chi connectivity index (χ3n) is 5.07. The summed E-state index contributed by atoms with van der Waals surface area (Å²) in [4.78, 5) is 18.7. The topological polar surface area (TPSA) is 35.6 Å². The second-order valence-electron chi connectivity index (χ2n) is 7.33. The van der Waals surface area contributed by atoms with Crippen molar-refractivity contribution in [1.29, 1.82) is 0 Å². The first-order valence-electron chi connectivity index (χ1n) is 9.65. The highest BCUT2D eigenvalue weighted by atomic mass is 79.9. The molecule has 6 heteroatoms. The normalized spacial score (nSPS) is 16.7. The lowest BCUT2D eigenvalue weighted by molar-refractivity contribution is -0.119. The number of carbonyl (C=O) groups excluding carboxylic acids is 1. The number of carbonyl (C=O) groups is 1. The summed E-state index contributed by atoms with van der Waals surface area (Å²) in [6.45, 7) is 7.17. The molecule has 0 saturated carbocycles. The van der Waals surface area contributed by atoms with Gasteiger partial charge in [0, 0.05) is 42.1 Å². The van der Waals surface area contributed by atoms with Crippen LogP contribution in [0.1, 0.15) is 17.2 Å². The lowest BCUT2D eigenvalue weighted by Crippen LogP contribution is -2.48. The highest BCUT2D eigenvalue weighted by Crippen LogP contribution is 2.25. The minimum absolute atomic E-state index is 0.0173. The number of thioether (sulfide) groups is 1. The van der Waals surface area contributed by atoms with Crippen LogP contribution in [0.3, 0.4) is 0 Å². The zero-order valence-electron chi connectivity index (χ0n) is 16.5. The van der Waals surface area contributed by atoms with Crippen molar-refractivity contribution in [2.45, 2.75) is 17.9 Å². The molecule has 1 aliphatic rings. The van der Waals surface area contributed by atoms with Gasteiger partial charge in [0.1, 0.15) is 0 Å². The van der Waals surface area contributed by atoms with Gasteiger partial charge in [0.2, 0.25) is 5.91 Å². The van der Waals surface area contributed by atoms with E-state index in [2.05, 4.69) is 69.3 Å². The number of nitrogens with zero attached hydrogens (tertiary/aromatic N) is 2. The van der Waals surface area contributed by atoms with Gasteiger partial charge in [-0.2, -0.15) is 0 Å². The number of benzene rings is 2. The van der Waals surface area contributed by atoms with Crippen LogP contribution in [-0.2, 0) is 4.79 Å². The Morgan fingerprint density at radius 3 is 2.54 bits per heavy atom. The highest BCUT2D eigenvalue weighted by Gasteiger charge is 2.21. The molecule has 1 saturated heterocycles. The lowest BCUT2D eigenvalue weighted by Gasteiger charge is -2.35. The van der Waals surface area contributed by atoms with Gasteiger partial charge >= 0.3 is 0 Å². The minimum Gasteiger partial charge on any atom is -0.347 e. The van der Waals surface area contributed by atoms with Crippen molar-refractivity contribution in [3.05, 3.63) is 64.1 Å². The van der Waals surface area contributed by atoms with Gasteiger partial charge in [-0.15, -0.1) is 11.8 Å². The van der Waals surface area contributed by atoms with Crippen LogP contribution >= 0.6 is 27.7 Å². The smallest absolute Gasteiger partial charge is 0.230 e. The van der Waals surface area contributed by atoms with E-state index < -0.39 is 0 Å². The Labute approximate surface area is 180 Å². The van der Waals surface area contributed by atoms with Crippen LogP contribution in [0.2, 0.25) is 0 Å². The van der Waals surface area contributed by atoms with Crippen molar-refractivity contribution in [1.82, 2.24) is 15.1 Å². The Balaban J connectivity index is 1.60. The quantitative estimate of drug-likeness (QED) is 0.633. The van der Waals surface area contributed by atoms with E-state index in [4.69, 9.17) is 0 Å². The zero-order chi connectivity index (χ0) is 19.9. The molecule has 0 spiro atoms. The van der Waals surface area contributed by atoms with Gasteiger partial charge in [-0.05, 0) is 43.3 Å². The van der Waals surface area contributed by atoms with Crippen LogP contribution < -0.4 is 5.32 Å². The number of rotatable bonds is 7. The number of hydrogen-bond donors (Lipinski definition) is 1. The van der Waals surface area contributed by atoms with Gasteiger partial charge in [0.15, 0.2) is 0 Å².